The molecule has 0 aliphatic carbocycles. The summed E-state index contributed by atoms with van der Waals surface area (Å²) in [5.41, 5.74) is 1.17. The molecule has 4 nitrogen and oxygen atoms in total. The number of halogens is 1. The molecule has 0 aromatic heterocycles. The molecule has 1 amide bonds. The number of hydrogen-bond acceptors (Lipinski definition) is 3. The molecule has 5 heteroatoms. The number of carbonyl (C=O) groups is 1. The van der Waals surface area contributed by atoms with Crippen LogP contribution in [-0.2, 0) is 4.79 Å². The zero-order valence-electron chi connectivity index (χ0n) is 12.6. The molecule has 116 valence electrons. The van der Waals surface area contributed by atoms with Crippen LogP contribution in [0.5, 0.6) is 5.75 Å². The van der Waals surface area contributed by atoms with Gasteiger partial charge in [0.2, 0.25) is 5.91 Å². The van der Waals surface area contributed by atoms with Gasteiger partial charge in [-0.25, -0.2) is 0 Å². The monoisotopic (exact) mass is 354 g/mol. The maximum Gasteiger partial charge on any atom is 0.223 e. The number of hydrogen-bond donors (Lipinski definition) is 2. The number of piperidine rings is 1. The molecular weight excluding hydrogens is 332 g/mol. The predicted molar refractivity (Wildman–Crippen MR) is 87.6 cm³/mol. The van der Waals surface area contributed by atoms with Crippen LogP contribution >= 0.6 is 15.9 Å². The van der Waals surface area contributed by atoms with Crippen LogP contribution in [-0.4, -0.2) is 31.1 Å². The van der Waals surface area contributed by atoms with E-state index < -0.39 is 0 Å². The maximum absolute atomic E-state index is 11.9. The van der Waals surface area contributed by atoms with Gasteiger partial charge in [0.25, 0.3) is 0 Å². The van der Waals surface area contributed by atoms with Gasteiger partial charge in [-0.1, -0.05) is 6.07 Å². The fraction of sp³-hybridized carbons (Fsp3) is 0.562. The fourth-order valence-corrected chi connectivity index (χ4v) is 3.15. The van der Waals surface area contributed by atoms with Crippen LogP contribution in [0, 0.1) is 6.92 Å². The third-order valence-corrected chi connectivity index (χ3v) is 4.28. The number of carbonyl (C=O) groups excluding carboxylic acids is 1. The Morgan fingerprint density at radius 1 is 1.52 bits per heavy atom. The summed E-state index contributed by atoms with van der Waals surface area (Å²) in [6.45, 7) is 5.55. The van der Waals surface area contributed by atoms with E-state index in [9.17, 15) is 4.79 Å². The van der Waals surface area contributed by atoms with E-state index in [-0.39, 0.29) is 5.91 Å². The Labute approximate surface area is 134 Å². The minimum atomic E-state index is 0.0670. The quantitative estimate of drug-likeness (QED) is 0.854. The zero-order valence-corrected chi connectivity index (χ0v) is 14.2. The number of rotatable bonds is 5. The summed E-state index contributed by atoms with van der Waals surface area (Å²) in [5, 5.41) is 6.47. The summed E-state index contributed by atoms with van der Waals surface area (Å²) in [7, 11) is 0. The van der Waals surface area contributed by atoms with Gasteiger partial charge in [0.1, 0.15) is 5.75 Å². The van der Waals surface area contributed by atoms with Crippen molar-refractivity contribution in [2.75, 3.05) is 13.2 Å². The van der Waals surface area contributed by atoms with Crippen molar-refractivity contribution in [2.24, 2.45) is 0 Å². The van der Waals surface area contributed by atoms with E-state index in [4.69, 9.17) is 4.74 Å². The Morgan fingerprint density at radius 3 is 3.05 bits per heavy atom. The van der Waals surface area contributed by atoms with Gasteiger partial charge >= 0.3 is 0 Å². The molecule has 0 radical (unpaired) electrons. The fourth-order valence-electron chi connectivity index (χ4n) is 2.54. The second-order valence-corrected chi connectivity index (χ2v) is 6.53. The van der Waals surface area contributed by atoms with Crippen LogP contribution in [0.1, 0.15) is 31.7 Å². The van der Waals surface area contributed by atoms with Crippen molar-refractivity contribution in [2.45, 2.75) is 45.2 Å². The minimum Gasteiger partial charge on any atom is -0.492 e. The van der Waals surface area contributed by atoms with Crippen LogP contribution in [0.15, 0.2) is 22.7 Å². The molecule has 0 bridgehead atoms. The molecule has 2 atom stereocenters. The van der Waals surface area contributed by atoms with Gasteiger partial charge in [-0.2, -0.15) is 0 Å². The van der Waals surface area contributed by atoms with Crippen molar-refractivity contribution in [1.29, 1.82) is 0 Å². The lowest BCUT2D eigenvalue weighted by atomic mass is 10.0. The molecule has 1 aromatic carbocycles. The van der Waals surface area contributed by atoms with Crippen LogP contribution < -0.4 is 15.4 Å². The first kappa shape index (κ1) is 16.3. The van der Waals surface area contributed by atoms with E-state index in [0.29, 0.717) is 25.1 Å². The highest BCUT2D eigenvalue weighted by molar-refractivity contribution is 9.10. The maximum atomic E-state index is 11.9. The molecule has 21 heavy (non-hydrogen) atoms. The summed E-state index contributed by atoms with van der Waals surface area (Å²) < 4.78 is 6.58. The number of nitrogens with one attached hydrogen (secondary N) is 2. The number of benzene rings is 1. The van der Waals surface area contributed by atoms with Crippen molar-refractivity contribution in [3.63, 3.8) is 0 Å². The van der Waals surface area contributed by atoms with Gasteiger partial charge < -0.3 is 15.4 Å². The second-order valence-electron chi connectivity index (χ2n) is 5.68. The van der Waals surface area contributed by atoms with Crippen LogP contribution in [0.3, 0.4) is 0 Å². The van der Waals surface area contributed by atoms with Crippen molar-refractivity contribution in [3.05, 3.63) is 28.2 Å². The number of aryl methyl sites for hydroxylation is 1. The molecule has 0 saturated carbocycles. The van der Waals surface area contributed by atoms with E-state index in [1.807, 2.05) is 25.1 Å². The summed E-state index contributed by atoms with van der Waals surface area (Å²) in [4.78, 5) is 11.9. The van der Waals surface area contributed by atoms with E-state index in [1.54, 1.807) is 0 Å². The molecule has 2 N–H and O–H groups in total. The largest absolute Gasteiger partial charge is 0.492 e. The SMILES string of the molecule is Cc1ccc(OCCC(=O)NC2CCNC(C)C2)c(Br)c1. The summed E-state index contributed by atoms with van der Waals surface area (Å²) in [6, 6.07) is 6.69. The summed E-state index contributed by atoms with van der Waals surface area (Å²) >= 11 is 3.47. The number of ether oxygens (including phenoxy) is 1. The molecular formula is C16H23BrN2O2. The highest BCUT2D eigenvalue weighted by atomic mass is 79.9. The third-order valence-electron chi connectivity index (χ3n) is 3.66. The Hall–Kier alpha value is -1.07. The second kappa shape index (κ2) is 7.80. The predicted octanol–water partition coefficient (Wildman–Crippen LogP) is 2.78. The minimum absolute atomic E-state index is 0.0670. The smallest absolute Gasteiger partial charge is 0.223 e. The van der Waals surface area contributed by atoms with Crippen LogP contribution in [0.2, 0.25) is 0 Å². The summed E-state index contributed by atoms with van der Waals surface area (Å²) in [5.74, 6) is 0.848. The van der Waals surface area contributed by atoms with E-state index >= 15 is 0 Å². The van der Waals surface area contributed by atoms with E-state index in [1.165, 1.54) is 5.56 Å². The van der Waals surface area contributed by atoms with Gasteiger partial charge in [-0.15, -0.1) is 0 Å². The van der Waals surface area contributed by atoms with Crippen molar-refractivity contribution in [3.8, 4) is 5.75 Å². The highest BCUT2D eigenvalue weighted by Gasteiger charge is 2.19. The first-order valence-electron chi connectivity index (χ1n) is 7.46. The lowest BCUT2D eigenvalue weighted by Crippen LogP contribution is -2.46. The summed E-state index contributed by atoms with van der Waals surface area (Å²) in [6.07, 6.45) is 2.38. The van der Waals surface area contributed by atoms with Crippen molar-refractivity contribution >= 4 is 21.8 Å². The van der Waals surface area contributed by atoms with E-state index in [0.717, 1.165) is 29.6 Å². The molecule has 2 unspecified atom stereocenters. The Bertz CT molecular complexity index is 493. The van der Waals surface area contributed by atoms with Crippen LogP contribution in [0.25, 0.3) is 0 Å². The molecule has 1 aromatic rings. The lowest BCUT2D eigenvalue weighted by Gasteiger charge is -2.28. The van der Waals surface area contributed by atoms with Gasteiger partial charge in [0.15, 0.2) is 0 Å². The molecule has 1 heterocycles. The van der Waals surface area contributed by atoms with Gasteiger partial charge in [0, 0.05) is 12.1 Å². The molecule has 2 rings (SSSR count). The standard InChI is InChI=1S/C16H23BrN2O2/c1-11-3-4-15(14(17)9-11)21-8-6-16(20)19-13-5-7-18-12(2)10-13/h3-4,9,12-13,18H,5-8,10H2,1-2H3,(H,19,20). The Balaban J connectivity index is 1.71. The zero-order chi connectivity index (χ0) is 15.2. The first-order valence-corrected chi connectivity index (χ1v) is 8.25. The lowest BCUT2D eigenvalue weighted by molar-refractivity contribution is -0.122. The van der Waals surface area contributed by atoms with E-state index in [2.05, 4.69) is 33.5 Å². The molecule has 1 saturated heterocycles. The Morgan fingerprint density at radius 2 is 2.33 bits per heavy atom. The molecule has 1 aliphatic heterocycles. The topological polar surface area (TPSA) is 50.4 Å². The third kappa shape index (κ3) is 5.32. The van der Waals surface area contributed by atoms with Crippen molar-refractivity contribution in [1.82, 2.24) is 10.6 Å². The van der Waals surface area contributed by atoms with Gasteiger partial charge in [-0.05, 0) is 66.9 Å². The molecule has 1 aliphatic rings. The van der Waals surface area contributed by atoms with Crippen LogP contribution in [0.4, 0.5) is 0 Å². The Kier molecular flexibility index (Phi) is 6.06. The van der Waals surface area contributed by atoms with Crippen molar-refractivity contribution < 1.29 is 9.53 Å². The average Bonchev–Trinajstić information content (AvgIpc) is 2.41. The normalized spacial score (nSPS) is 21.9. The van der Waals surface area contributed by atoms with Gasteiger partial charge in [0.05, 0.1) is 17.5 Å². The van der Waals surface area contributed by atoms with Gasteiger partial charge in [-0.3, -0.25) is 4.79 Å². The average molecular weight is 355 g/mol. The molecule has 0 spiro atoms. The first-order chi connectivity index (χ1) is 10.0. The molecule has 1 fully saturated rings. The highest BCUT2D eigenvalue weighted by Crippen LogP contribution is 2.25. The number of amides is 1.